The van der Waals surface area contributed by atoms with Crippen LogP contribution in [0.2, 0.25) is 0 Å². The van der Waals surface area contributed by atoms with E-state index in [1.807, 2.05) is 6.92 Å². The minimum atomic E-state index is -0.352. The van der Waals surface area contributed by atoms with Crippen molar-refractivity contribution in [3.05, 3.63) is 51.3 Å². The van der Waals surface area contributed by atoms with Gasteiger partial charge in [-0.2, -0.15) is 0 Å². The van der Waals surface area contributed by atoms with Crippen molar-refractivity contribution in [3.8, 4) is 0 Å². The molecule has 0 atom stereocenters. The van der Waals surface area contributed by atoms with Crippen molar-refractivity contribution in [3.63, 3.8) is 0 Å². The van der Waals surface area contributed by atoms with Gasteiger partial charge in [-0.1, -0.05) is 0 Å². The number of amides is 1. The molecule has 0 aromatic carbocycles. The monoisotopic (exact) mass is 339 g/mol. The third-order valence-electron chi connectivity index (χ3n) is 4.90. The largest absolute Gasteiger partial charge is 0.356 e. The maximum Gasteiger partial charge on any atom is 0.260 e. The zero-order chi connectivity index (χ0) is 17.4. The van der Waals surface area contributed by atoms with E-state index in [-0.39, 0.29) is 17.0 Å². The Bertz CT molecular complexity index is 870. The smallest absolute Gasteiger partial charge is 0.260 e. The van der Waals surface area contributed by atoms with Gasteiger partial charge >= 0.3 is 0 Å². The Kier molecular flexibility index (Phi) is 3.99. The number of nitrogens with one attached hydrogen (secondary N) is 1. The minimum absolute atomic E-state index is 0.177. The van der Waals surface area contributed by atoms with E-state index in [0.717, 1.165) is 42.4 Å². The van der Waals surface area contributed by atoms with Gasteiger partial charge in [0.1, 0.15) is 17.2 Å². The van der Waals surface area contributed by atoms with Crippen LogP contribution < -0.4 is 10.5 Å². The van der Waals surface area contributed by atoms with E-state index < -0.39 is 0 Å². The van der Waals surface area contributed by atoms with Gasteiger partial charge in [-0.05, 0) is 38.3 Å². The third-order valence-corrected chi connectivity index (χ3v) is 4.90. The number of nitrogens with zero attached hydrogens (tertiary/aromatic N) is 4. The Hall–Kier alpha value is -2.70. The van der Waals surface area contributed by atoms with Crippen molar-refractivity contribution in [2.75, 3.05) is 24.5 Å². The molecule has 1 fully saturated rings. The lowest BCUT2D eigenvalue weighted by Gasteiger charge is -2.31. The first kappa shape index (κ1) is 15.8. The molecule has 2 aromatic rings. The first-order valence-corrected chi connectivity index (χ1v) is 8.72. The molecule has 0 bridgehead atoms. The molecule has 0 unspecified atom stereocenters. The maximum atomic E-state index is 12.7. The second-order valence-electron chi connectivity index (χ2n) is 6.60. The Morgan fingerprint density at radius 3 is 2.76 bits per heavy atom. The molecule has 0 spiro atoms. The van der Waals surface area contributed by atoms with Crippen LogP contribution in [0, 0.1) is 6.92 Å². The SMILES string of the molecule is Cc1nc2c(c(N3CCCC3)n1)CCN(C(=O)c1ccc[nH]c1=O)C2. The number of H-pyrrole nitrogens is 1. The summed E-state index contributed by atoms with van der Waals surface area (Å²) in [5.41, 5.74) is 1.88. The van der Waals surface area contributed by atoms with Crippen LogP contribution in [0.4, 0.5) is 5.82 Å². The summed E-state index contributed by atoms with van der Waals surface area (Å²) in [6, 6.07) is 3.24. The number of pyridine rings is 1. The molecule has 25 heavy (non-hydrogen) atoms. The van der Waals surface area contributed by atoms with Gasteiger partial charge in [0.05, 0.1) is 12.2 Å². The lowest BCUT2D eigenvalue weighted by atomic mass is 10.0. The van der Waals surface area contributed by atoms with E-state index in [1.54, 1.807) is 17.0 Å². The first-order valence-electron chi connectivity index (χ1n) is 8.72. The van der Waals surface area contributed by atoms with Gasteiger partial charge in [-0.15, -0.1) is 0 Å². The van der Waals surface area contributed by atoms with Crippen molar-refractivity contribution in [1.82, 2.24) is 19.9 Å². The summed E-state index contributed by atoms with van der Waals surface area (Å²) in [5.74, 6) is 1.52. The van der Waals surface area contributed by atoms with Crippen molar-refractivity contribution < 1.29 is 4.79 Å². The van der Waals surface area contributed by atoms with E-state index in [9.17, 15) is 9.59 Å². The number of carbonyl (C=O) groups excluding carboxylic acids is 1. The fourth-order valence-electron chi connectivity index (χ4n) is 3.66. The molecule has 4 rings (SSSR count). The molecular weight excluding hydrogens is 318 g/mol. The molecule has 2 aromatic heterocycles. The Morgan fingerprint density at radius 2 is 2.00 bits per heavy atom. The van der Waals surface area contributed by atoms with Crippen LogP contribution in [0.25, 0.3) is 0 Å². The third kappa shape index (κ3) is 2.90. The second-order valence-corrected chi connectivity index (χ2v) is 6.60. The molecule has 2 aliphatic rings. The van der Waals surface area contributed by atoms with Crippen LogP contribution in [0.1, 0.15) is 40.3 Å². The van der Waals surface area contributed by atoms with Crippen LogP contribution in [0.15, 0.2) is 23.1 Å². The molecule has 0 saturated carbocycles. The normalized spacial score (nSPS) is 16.8. The number of aryl methyl sites for hydroxylation is 1. The topological polar surface area (TPSA) is 82.2 Å². The highest BCUT2D eigenvalue weighted by molar-refractivity contribution is 5.93. The molecule has 1 saturated heterocycles. The Labute approximate surface area is 145 Å². The number of aromatic nitrogens is 3. The zero-order valence-electron chi connectivity index (χ0n) is 14.3. The molecule has 1 amide bonds. The molecule has 130 valence electrons. The average Bonchev–Trinajstić information content (AvgIpc) is 3.15. The molecule has 2 aliphatic heterocycles. The molecule has 0 radical (unpaired) electrons. The lowest BCUT2D eigenvalue weighted by Crippen LogP contribution is -2.39. The Morgan fingerprint density at radius 1 is 1.20 bits per heavy atom. The van der Waals surface area contributed by atoms with Crippen molar-refractivity contribution in [2.45, 2.75) is 32.7 Å². The predicted octanol–water partition coefficient (Wildman–Crippen LogP) is 1.27. The van der Waals surface area contributed by atoms with E-state index in [4.69, 9.17) is 0 Å². The summed E-state index contributed by atoms with van der Waals surface area (Å²) in [5, 5.41) is 0. The van der Waals surface area contributed by atoms with Gasteiger partial charge in [0, 0.05) is 31.4 Å². The number of carbonyl (C=O) groups is 1. The fourth-order valence-corrected chi connectivity index (χ4v) is 3.66. The summed E-state index contributed by atoms with van der Waals surface area (Å²) in [6.45, 7) is 4.96. The highest BCUT2D eigenvalue weighted by Gasteiger charge is 2.28. The van der Waals surface area contributed by atoms with Crippen molar-refractivity contribution >= 4 is 11.7 Å². The van der Waals surface area contributed by atoms with Crippen molar-refractivity contribution in [2.24, 2.45) is 0 Å². The van der Waals surface area contributed by atoms with Crippen LogP contribution in [0.5, 0.6) is 0 Å². The van der Waals surface area contributed by atoms with Crippen LogP contribution in [0.3, 0.4) is 0 Å². The predicted molar refractivity (Wildman–Crippen MR) is 93.7 cm³/mol. The number of rotatable bonds is 2. The van der Waals surface area contributed by atoms with E-state index >= 15 is 0 Å². The zero-order valence-corrected chi connectivity index (χ0v) is 14.3. The van der Waals surface area contributed by atoms with Crippen LogP contribution in [-0.2, 0) is 13.0 Å². The highest BCUT2D eigenvalue weighted by Crippen LogP contribution is 2.29. The number of anilines is 1. The van der Waals surface area contributed by atoms with Gasteiger partial charge in [-0.3, -0.25) is 9.59 Å². The average molecular weight is 339 g/mol. The lowest BCUT2D eigenvalue weighted by molar-refractivity contribution is 0.0729. The first-order chi connectivity index (χ1) is 12.1. The molecule has 4 heterocycles. The van der Waals surface area contributed by atoms with Gasteiger partial charge in [0.15, 0.2) is 0 Å². The van der Waals surface area contributed by atoms with Gasteiger partial charge in [0.2, 0.25) is 0 Å². The standard InChI is InChI=1S/C18H21N5O2/c1-12-20-15-11-23(18(25)14-5-4-7-19-17(14)24)10-6-13(15)16(21-12)22-8-2-3-9-22/h4-5,7H,2-3,6,8-11H2,1H3,(H,19,24). The molecule has 1 N–H and O–H groups in total. The number of hydrogen-bond acceptors (Lipinski definition) is 5. The minimum Gasteiger partial charge on any atom is -0.356 e. The molecular formula is C18H21N5O2. The fraction of sp³-hybridized carbons (Fsp3) is 0.444. The summed E-state index contributed by atoms with van der Waals surface area (Å²) in [7, 11) is 0. The van der Waals surface area contributed by atoms with Crippen LogP contribution >= 0.6 is 0 Å². The summed E-state index contributed by atoms with van der Waals surface area (Å²) in [4.78, 5) is 40.4. The van der Waals surface area contributed by atoms with Gasteiger partial charge < -0.3 is 14.8 Å². The number of fused-ring (bicyclic) bond motifs is 1. The summed E-state index contributed by atoms with van der Waals surface area (Å²) in [6.07, 6.45) is 4.64. The van der Waals surface area contributed by atoms with Gasteiger partial charge in [-0.25, -0.2) is 9.97 Å². The van der Waals surface area contributed by atoms with Crippen molar-refractivity contribution in [1.29, 1.82) is 0 Å². The van der Waals surface area contributed by atoms with E-state index in [2.05, 4.69) is 19.9 Å². The summed E-state index contributed by atoms with van der Waals surface area (Å²) >= 11 is 0. The quantitative estimate of drug-likeness (QED) is 0.891. The number of hydrogen-bond donors (Lipinski definition) is 1. The van der Waals surface area contributed by atoms with E-state index in [1.165, 1.54) is 19.0 Å². The summed E-state index contributed by atoms with van der Waals surface area (Å²) < 4.78 is 0. The number of aromatic amines is 1. The van der Waals surface area contributed by atoms with E-state index in [0.29, 0.717) is 13.1 Å². The second kappa shape index (κ2) is 6.31. The Balaban J connectivity index is 1.64. The molecule has 0 aliphatic carbocycles. The van der Waals surface area contributed by atoms with Crippen LogP contribution in [-0.4, -0.2) is 45.4 Å². The maximum absolute atomic E-state index is 12.7. The highest BCUT2D eigenvalue weighted by atomic mass is 16.2. The molecule has 7 nitrogen and oxygen atoms in total. The van der Waals surface area contributed by atoms with Gasteiger partial charge in [0.25, 0.3) is 11.5 Å². The molecule has 7 heteroatoms.